The van der Waals surface area contributed by atoms with Gasteiger partial charge >= 0.3 is 0 Å². The molecule has 0 aliphatic heterocycles. The van der Waals surface area contributed by atoms with Crippen molar-refractivity contribution in [2.75, 3.05) is 14.2 Å². The lowest BCUT2D eigenvalue weighted by Crippen LogP contribution is -2.32. The number of rotatable bonds is 4. The van der Waals surface area contributed by atoms with Gasteiger partial charge < -0.3 is 0 Å². The summed E-state index contributed by atoms with van der Waals surface area (Å²) >= 11 is 0. The molecular formula is C9H18BNO2. The first-order valence-electron chi connectivity index (χ1n) is 4.38. The van der Waals surface area contributed by atoms with Crippen LogP contribution in [0.2, 0.25) is 5.31 Å². The minimum Gasteiger partial charge on any atom is -0.275 e. The van der Waals surface area contributed by atoms with Crippen molar-refractivity contribution in [3.05, 3.63) is 0 Å². The van der Waals surface area contributed by atoms with Gasteiger partial charge in [0.15, 0.2) is 0 Å². The van der Waals surface area contributed by atoms with Gasteiger partial charge in [0.1, 0.15) is 0 Å². The third kappa shape index (κ3) is 4.93. The van der Waals surface area contributed by atoms with Crippen LogP contribution < -0.4 is 0 Å². The third-order valence-corrected chi connectivity index (χ3v) is 1.84. The fraction of sp³-hybridized carbons (Fsp3) is 0.889. The third-order valence-electron chi connectivity index (χ3n) is 1.84. The molecule has 0 saturated carbocycles. The molecule has 0 aliphatic rings. The number of amides is 1. The van der Waals surface area contributed by atoms with Crippen molar-refractivity contribution in [2.45, 2.75) is 32.5 Å². The summed E-state index contributed by atoms with van der Waals surface area (Å²) in [5.74, 6) is -0.147. The van der Waals surface area contributed by atoms with Crippen molar-refractivity contribution < 1.29 is 9.63 Å². The number of hydroxylamine groups is 2. The van der Waals surface area contributed by atoms with E-state index in [1.807, 2.05) is 20.8 Å². The molecule has 1 unspecified atom stereocenters. The van der Waals surface area contributed by atoms with Gasteiger partial charge in [-0.05, 0) is 6.42 Å². The second-order valence-electron chi connectivity index (χ2n) is 4.11. The molecule has 0 aromatic carbocycles. The molecule has 0 N–H and O–H groups in total. The van der Waals surface area contributed by atoms with Crippen LogP contribution in [0.1, 0.15) is 27.2 Å². The number of hydrogen-bond donors (Lipinski definition) is 0. The molecule has 0 aliphatic carbocycles. The maximum atomic E-state index is 11.5. The van der Waals surface area contributed by atoms with Crippen LogP contribution >= 0.6 is 0 Å². The summed E-state index contributed by atoms with van der Waals surface area (Å²) in [6.45, 7) is 5.67. The first-order valence-corrected chi connectivity index (χ1v) is 4.38. The van der Waals surface area contributed by atoms with E-state index in [1.54, 1.807) is 7.05 Å². The molecule has 74 valence electrons. The first kappa shape index (κ1) is 12.5. The van der Waals surface area contributed by atoms with E-state index >= 15 is 0 Å². The van der Waals surface area contributed by atoms with E-state index in [1.165, 1.54) is 12.2 Å². The lowest BCUT2D eigenvalue weighted by Gasteiger charge is -2.25. The van der Waals surface area contributed by atoms with Gasteiger partial charge in [-0.3, -0.25) is 9.63 Å². The molecule has 0 saturated heterocycles. The van der Waals surface area contributed by atoms with E-state index in [-0.39, 0.29) is 17.1 Å². The minimum absolute atomic E-state index is 0.0407. The van der Waals surface area contributed by atoms with Crippen molar-refractivity contribution in [3.63, 3.8) is 0 Å². The molecule has 1 amide bonds. The molecule has 2 radical (unpaired) electrons. The minimum atomic E-state index is -0.316. The number of nitrogens with zero attached hydrogens (tertiary/aromatic N) is 1. The Kier molecular flexibility index (Phi) is 4.47. The summed E-state index contributed by atoms with van der Waals surface area (Å²) < 4.78 is 0. The van der Waals surface area contributed by atoms with Crippen molar-refractivity contribution in [2.24, 2.45) is 5.92 Å². The molecule has 0 heterocycles. The van der Waals surface area contributed by atoms with Gasteiger partial charge in [0.25, 0.3) is 0 Å². The molecule has 0 rings (SSSR count). The van der Waals surface area contributed by atoms with Gasteiger partial charge in [-0.1, -0.05) is 26.1 Å². The van der Waals surface area contributed by atoms with E-state index in [4.69, 9.17) is 12.7 Å². The highest BCUT2D eigenvalue weighted by atomic mass is 16.7. The Morgan fingerprint density at radius 2 is 2.08 bits per heavy atom. The summed E-state index contributed by atoms with van der Waals surface area (Å²) in [4.78, 5) is 16.3. The number of hydrogen-bond acceptors (Lipinski definition) is 2. The Morgan fingerprint density at radius 1 is 1.62 bits per heavy atom. The summed E-state index contributed by atoms with van der Waals surface area (Å²) in [7, 11) is 8.87. The van der Waals surface area contributed by atoms with Crippen molar-refractivity contribution >= 4 is 13.8 Å². The molecular weight excluding hydrogens is 165 g/mol. The van der Waals surface area contributed by atoms with Crippen LogP contribution in [0.15, 0.2) is 0 Å². The van der Waals surface area contributed by atoms with Crippen LogP contribution in [0.4, 0.5) is 0 Å². The van der Waals surface area contributed by atoms with Gasteiger partial charge in [-0.15, -0.1) is 0 Å². The normalized spacial score (nSPS) is 13.9. The standard InChI is InChI=1S/C9H18BNO2/c1-7(6-9(2,3)10)8(12)11(4)13-5/h7H,6H2,1-5H3. The average molecular weight is 183 g/mol. The predicted octanol–water partition coefficient (Wildman–Crippen LogP) is 1.40. The van der Waals surface area contributed by atoms with Gasteiger partial charge in [0.05, 0.1) is 15.0 Å². The molecule has 0 bridgehead atoms. The van der Waals surface area contributed by atoms with Crippen LogP contribution in [0.3, 0.4) is 0 Å². The molecule has 1 atom stereocenters. The monoisotopic (exact) mass is 183 g/mol. The van der Waals surface area contributed by atoms with E-state index in [2.05, 4.69) is 0 Å². The molecule has 4 heteroatoms. The lowest BCUT2D eigenvalue weighted by molar-refractivity contribution is -0.173. The van der Waals surface area contributed by atoms with E-state index in [9.17, 15) is 4.79 Å². The predicted molar refractivity (Wildman–Crippen MR) is 53.4 cm³/mol. The summed E-state index contributed by atoms with van der Waals surface area (Å²) in [5.41, 5.74) is 0. The first-order chi connectivity index (χ1) is 5.78. The van der Waals surface area contributed by atoms with E-state index in [0.717, 1.165) is 0 Å². The summed E-state index contributed by atoms with van der Waals surface area (Å²) in [6, 6.07) is 0. The Bertz CT molecular complexity index is 177. The topological polar surface area (TPSA) is 29.5 Å². The molecule has 13 heavy (non-hydrogen) atoms. The van der Waals surface area contributed by atoms with Crippen molar-refractivity contribution in [3.8, 4) is 0 Å². The molecule has 3 nitrogen and oxygen atoms in total. The highest BCUT2D eigenvalue weighted by molar-refractivity contribution is 6.14. The maximum Gasteiger partial charge on any atom is 0.248 e. The Balaban J connectivity index is 4.12. The van der Waals surface area contributed by atoms with Crippen LogP contribution in [-0.4, -0.2) is 33.0 Å². The molecule has 0 aromatic rings. The Hall–Kier alpha value is -0.505. The largest absolute Gasteiger partial charge is 0.275 e. The quantitative estimate of drug-likeness (QED) is 0.487. The van der Waals surface area contributed by atoms with Crippen LogP contribution in [0.25, 0.3) is 0 Å². The Morgan fingerprint density at radius 3 is 2.38 bits per heavy atom. The van der Waals surface area contributed by atoms with Gasteiger partial charge in [0.2, 0.25) is 5.91 Å². The van der Waals surface area contributed by atoms with Gasteiger partial charge in [0, 0.05) is 13.0 Å². The maximum absolute atomic E-state index is 11.5. The summed E-state index contributed by atoms with van der Waals surface area (Å²) in [6.07, 6.45) is 0.652. The van der Waals surface area contributed by atoms with Crippen LogP contribution in [-0.2, 0) is 9.63 Å². The number of carbonyl (C=O) groups excluding carboxylic acids is 1. The van der Waals surface area contributed by atoms with Gasteiger partial charge in [-0.2, -0.15) is 0 Å². The van der Waals surface area contributed by atoms with E-state index < -0.39 is 0 Å². The highest BCUT2D eigenvalue weighted by Crippen LogP contribution is 2.28. The van der Waals surface area contributed by atoms with Crippen LogP contribution in [0.5, 0.6) is 0 Å². The van der Waals surface area contributed by atoms with Gasteiger partial charge in [-0.25, -0.2) is 5.06 Å². The SMILES string of the molecule is [B]C(C)(C)CC(C)C(=O)N(C)OC. The Labute approximate surface area is 81.8 Å². The highest BCUT2D eigenvalue weighted by Gasteiger charge is 2.22. The molecule has 0 spiro atoms. The van der Waals surface area contributed by atoms with Crippen LogP contribution in [0, 0.1) is 5.92 Å². The summed E-state index contributed by atoms with van der Waals surface area (Å²) in [5, 5.41) is 0.917. The smallest absolute Gasteiger partial charge is 0.248 e. The average Bonchev–Trinajstić information content (AvgIpc) is 1.98. The number of carbonyl (C=O) groups is 1. The van der Waals surface area contributed by atoms with E-state index in [0.29, 0.717) is 6.42 Å². The molecule has 0 fully saturated rings. The second-order valence-corrected chi connectivity index (χ2v) is 4.11. The second kappa shape index (κ2) is 4.65. The fourth-order valence-corrected chi connectivity index (χ4v) is 1.28. The zero-order valence-electron chi connectivity index (χ0n) is 9.13. The molecule has 0 aromatic heterocycles. The van der Waals surface area contributed by atoms with Crippen molar-refractivity contribution in [1.82, 2.24) is 5.06 Å². The van der Waals surface area contributed by atoms with Crippen molar-refractivity contribution in [1.29, 1.82) is 0 Å². The zero-order chi connectivity index (χ0) is 10.6. The lowest BCUT2D eigenvalue weighted by atomic mass is 9.67. The fourth-order valence-electron chi connectivity index (χ4n) is 1.28. The zero-order valence-corrected chi connectivity index (χ0v) is 9.13.